The minimum absolute atomic E-state index is 0.313. The van der Waals surface area contributed by atoms with E-state index in [1.165, 1.54) is 17.0 Å². The fourth-order valence-corrected chi connectivity index (χ4v) is 4.35. The predicted molar refractivity (Wildman–Crippen MR) is 115 cm³/mol. The number of anilines is 2. The molecule has 3 atom stereocenters. The van der Waals surface area contributed by atoms with Crippen molar-refractivity contribution in [2.24, 2.45) is 5.92 Å². The van der Waals surface area contributed by atoms with E-state index in [1.807, 2.05) is 49.4 Å². The third-order valence-corrected chi connectivity index (χ3v) is 5.94. The molecule has 0 aliphatic carbocycles. The number of carbonyl (C=O) groups excluding carboxylic acids is 2. The van der Waals surface area contributed by atoms with Gasteiger partial charge in [-0.3, -0.25) is 14.4 Å². The van der Waals surface area contributed by atoms with Crippen LogP contribution in [0, 0.1) is 11.7 Å². The van der Waals surface area contributed by atoms with Crippen molar-refractivity contribution in [3.63, 3.8) is 0 Å². The molecule has 5 nitrogen and oxygen atoms in total. The predicted octanol–water partition coefficient (Wildman–Crippen LogP) is 4.44. The van der Waals surface area contributed by atoms with Crippen molar-refractivity contribution in [2.75, 3.05) is 9.96 Å². The van der Waals surface area contributed by atoms with E-state index in [2.05, 4.69) is 0 Å². The van der Waals surface area contributed by atoms with E-state index < -0.39 is 18.1 Å². The minimum Gasteiger partial charge on any atom is -0.273 e. The van der Waals surface area contributed by atoms with E-state index in [0.29, 0.717) is 11.3 Å². The summed E-state index contributed by atoms with van der Waals surface area (Å²) in [6.45, 7) is 2.05. The molecule has 2 amide bonds. The molecule has 2 aliphatic heterocycles. The Morgan fingerprint density at radius 1 is 0.839 bits per heavy atom. The highest BCUT2D eigenvalue weighted by atomic mass is 19.1. The summed E-state index contributed by atoms with van der Waals surface area (Å²) in [6.07, 6.45) is -0.0662. The van der Waals surface area contributed by atoms with Gasteiger partial charge in [-0.15, -0.1) is 0 Å². The maximum Gasteiger partial charge on any atom is 0.266 e. The monoisotopic (exact) mass is 416 g/mol. The molecule has 31 heavy (non-hydrogen) atoms. The van der Waals surface area contributed by atoms with Crippen LogP contribution in [0.15, 0.2) is 78.9 Å². The van der Waals surface area contributed by atoms with Crippen LogP contribution in [0.25, 0.3) is 0 Å². The smallest absolute Gasteiger partial charge is 0.266 e. The van der Waals surface area contributed by atoms with Gasteiger partial charge < -0.3 is 0 Å². The molecular formula is C25H21FN2O3. The summed E-state index contributed by atoms with van der Waals surface area (Å²) < 4.78 is 13.6. The number of rotatable bonds is 4. The van der Waals surface area contributed by atoms with Gasteiger partial charge in [0.05, 0.1) is 17.4 Å². The SMILES string of the molecule is CCc1ccc(N2C(=O)[C@@H]3[C@H](ON(c4ccccc4)[C@H]3c3ccc(F)cc3)C2=O)cc1. The lowest BCUT2D eigenvalue weighted by atomic mass is 9.90. The zero-order chi connectivity index (χ0) is 21.5. The Balaban J connectivity index is 1.56. The lowest BCUT2D eigenvalue weighted by molar-refractivity contribution is -0.126. The van der Waals surface area contributed by atoms with Gasteiger partial charge in [-0.05, 0) is 53.9 Å². The number of halogens is 1. The molecule has 0 spiro atoms. The number of fused-ring (bicyclic) bond motifs is 1. The van der Waals surface area contributed by atoms with Crippen molar-refractivity contribution in [3.05, 3.63) is 95.8 Å². The highest BCUT2D eigenvalue weighted by molar-refractivity contribution is 6.23. The summed E-state index contributed by atoms with van der Waals surface area (Å²) in [5.41, 5.74) is 3.10. The van der Waals surface area contributed by atoms with E-state index >= 15 is 0 Å². The van der Waals surface area contributed by atoms with Crippen molar-refractivity contribution in [2.45, 2.75) is 25.5 Å². The molecule has 5 rings (SSSR count). The molecular weight excluding hydrogens is 395 g/mol. The Kier molecular flexibility index (Phi) is 4.79. The zero-order valence-electron chi connectivity index (χ0n) is 16.9. The lowest BCUT2D eigenvalue weighted by Crippen LogP contribution is -2.37. The van der Waals surface area contributed by atoms with Crippen LogP contribution in [-0.2, 0) is 20.8 Å². The first-order valence-electron chi connectivity index (χ1n) is 10.3. The lowest BCUT2D eigenvalue weighted by Gasteiger charge is -2.28. The van der Waals surface area contributed by atoms with E-state index in [-0.39, 0.29) is 17.6 Å². The second-order valence-corrected chi connectivity index (χ2v) is 7.74. The summed E-state index contributed by atoms with van der Waals surface area (Å²) in [5, 5.41) is 1.61. The number of carbonyl (C=O) groups is 2. The van der Waals surface area contributed by atoms with Gasteiger partial charge in [-0.1, -0.05) is 49.4 Å². The molecule has 2 aliphatic rings. The number of nitrogens with zero attached hydrogens (tertiary/aromatic N) is 2. The first kappa shape index (κ1) is 19.5. The Morgan fingerprint density at radius 2 is 1.52 bits per heavy atom. The summed E-state index contributed by atoms with van der Waals surface area (Å²) in [5.74, 6) is -1.79. The number of hydroxylamine groups is 1. The second-order valence-electron chi connectivity index (χ2n) is 7.74. The van der Waals surface area contributed by atoms with E-state index in [0.717, 1.165) is 17.7 Å². The fourth-order valence-electron chi connectivity index (χ4n) is 4.35. The van der Waals surface area contributed by atoms with Gasteiger partial charge in [0.15, 0.2) is 6.10 Å². The summed E-state index contributed by atoms with van der Waals surface area (Å²) in [4.78, 5) is 34.0. The Hall–Kier alpha value is -3.51. The summed E-state index contributed by atoms with van der Waals surface area (Å²) >= 11 is 0. The molecule has 156 valence electrons. The first-order valence-corrected chi connectivity index (χ1v) is 10.3. The van der Waals surface area contributed by atoms with E-state index in [1.54, 1.807) is 29.3 Å². The molecule has 0 aromatic heterocycles. The largest absolute Gasteiger partial charge is 0.273 e. The number of imide groups is 1. The number of hydrogen-bond donors (Lipinski definition) is 0. The molecule has 2 heterocycles. The van der Waals surface area contributed by atoms with Crippen LogP contribution in [0.4, 0.5) is 15.8 Å². The topological polar surface area (TPSA) is 49.9 Å². The van der Waals surface area contributed by atoms with Gasteiger partial charge in [0.1, 0.15) is 11.7 Å². The average molecular weight is 416 g/mol. The summed E-state index contributed by atoms with van der Waals surface area (Å²) in [7, 11) is 0. The van der Waals surface area contributed by atoms with Gasteiger partial charge >= 0.3 is 0 Å². The molecule has 0 saturated carbocycles. The molecule has 0 bridgehead atoms. The first-order chi connectivity index (χ1) is 15.1. The normalized spacial score (nSPS) is 22.8. The molecule has 6 heteroatoms. The number of aryl methyl sites for hydroxylation is 1. The standard InChI is InChI=1S/C25H21FN2O3/c1-2-16-8-14-19(15-9-16)27-24(29)21-22(17-10-12-18(26)13-11-17)28(31-23(21)25(27)30)20-6-4-3-5-7-20/h3-15,21-23H,2H2,1H3/t21-,22-,23-/m0/s1. The zero-order valence-corrected chi connectivity index (χ0v) is 16.9. The molecule has 3 aromatic rings. The van der Waals surface area contributed by atoms with Crippen LogP contribution in [0.1, 0.15) is 24.1 Å². The van der Waals surface area contributed by atoms with Crippen molar-refractivity contribution >= 4 is 23.2 Å². The van der Waals surface area contributed by atoms with Gasteiger partial charge in [-0.25, -0.2) is 14.4 Å². The van der Waals surface area contributed by atoms with E-state index in [9.17, 15) is 14.0 Å². The quantitative estimate of drug-likeness (QED) is 0.590. The maximum absolute atomic E-state index is 13.6. The van der Waals surface area contributed by atoms with Gasteiger partial charge in [-0.2, -0.15) is 0 Å². The summed E-state index contributed by atoms with van der Waals surface area (Å²) in [6, 6.07) is 22.2. The molecule has 3 aromatic carbocycles. The van der Waals surface area contributed by atoms with Gasteiger partial charge in [0, 0.05) is 0 Å². The Labute approximate surface area is 179 Å². The highest BCUT2D eigenvalue weighted by Crippen LogP contribution is 2.47. The minimum atomic E-state index is -0.936. The highest BCUT2D eigenvalue weighted by Gasteiger charge is 2.60. The number of amides is 2. The van der Waals surface area contributed by atoms with Gasteiger partial charge in [0.25, 0.3) is 5.91 Å². The van der Waals surface area contributed by atoms with Crippen molar-refractivity contribution in [1.82, 2.24) is 0 Å². The van der Waals surface area contributed by atoms with Crippen LogP contribution in [0.5, 0.6) is 0 Å². The van der Waals surface area contributed by atoms with Crippen LogP contribution in [0.2, 0.25) is 0 Å². The molecule has 2 fully saturated rings. The van der Waals surface area contributed by atoms with Crippen molar-refractivity contribution in [3.8, 4) is 0 Å². The second kappa shape index (κ2) is 7.63. The maximum atomic E-state index is 13.6. The van der Waals surface area contributed by atoms with Crippen LogP contribution >= 0.6 is 0 Å². The molecule has 0 radical (unpaired) electrons. The third-order valence-electron chi connectivity index (χ3n) is 5.94. The van der Waals surface area contributed by atoms with Crippen LogP contribution in [0.3, 0.4) is 0 Å². The molecule has 0 unspecified atom stereocenters. The van der Waals surface area contributed by atoms with Crippen LogP contribution in [-0.4, -0.2) is 17.9 Å². The van der Waals surface area contributed by atoms with Crippen LogP contribution < -0.4 is 9.96 Å². The fraction of sp³-hybridized carbons (Fsp3) is 0.200. The molecule has 2 saturated heterocycles. The molecule has 0 N–H and O–H groups in total. The van der Waals surface area contributed by atoms with Crippen molar-refractivity contribution in [1.29, 1.82) is 0 Å². The van der Waals surface area contributed by atoms with E-state index in [4.69, 9.17) is 4.84 Å². The third kappa shape index (κ3) is 3.20. The number of benzene rings is 3. The number of para-hydroxylation sites is 1. The Morgan fingerprint density at radius 3 is 2.16 bits per heavy atom. The van der Waals surface area contributed by atoms with Gasteiger partial charge in [0.2, 0.25) is 5.91 Å². The van der Waals surface area contributed by atoms with Crippen molar-refractivity contribution < 1.29 is 18.8 Å². The number of hydrogen-bond acceptors (Lipinski definition) is 4. The average Bonchev–Trinajstić information content (AvgIpc) is 3.31. The Bertz CT molecular complexity index is 1120.